The lowest BCUT2D eigenvalue weighted by molar-refractivity contribution is 0.468. The van der Waals surface area contributed by atoms with Crippen LogP contribution in [0.3, 0.4) is 0 Å². The van der Waals surface area contributed by atoms with Gasteiger partial charge in [-0.05, 0) is 35.4 Å². The lowest BCUT2D eigenvalue weighted by atomic mass is 10.1. The summed E-state index contributed by atoms with van der Waals surface area (Å²) in [7, 11) is 0. The highest BCUT2D eigenvalue weighted by molar-refractivity contribution is 7.17. The lowest BCUT2D eigenvalue weighted by Crippen LogP contribution is -1.91. The molecule has 4 rings (SSSR count). The van der Waals surface area contributed by atoms with Gasteiger partial charge in [-0.15, -0.1) is 11.3 Å². The van der Waals surface area contributed by atoms with E-state index >= 15 is 0 Å². The summed E-state index contributed by atoms with van der Waals surface area (Å²) >= 11 is 1.49. The van der Waals surface area contributed by atoms with Crippen LogP contribution in [0.25, 0.3) is 21.3 Å². The van der Waals surface area contributed by atoms with Crippen LogP contribution >= 0.6 is 11.3 Å². The van der Waals surface area contributed by atoms with E-state index in [0.29, 0.717) is 18.1 Å². The van der Waals surface area contributed by atoms with E-state index in [1.165, 1.54) is 29.8 Å². The van der Waals surface area contributed by atoms with Gasteiger partial charge in [0.1, 0.15) is 22.7 Å². The van der Waals surface area contributed by atoms with Crippen LogP contribution in [0, 0.1) is 17.1 Å². The van der Waals surface area contributed by atoms with E-state index < -0.39 is 0 Å². The molecule has 0 fully saturated rings. The Balaban J connectivity index is 1.74. The number of hydrogen-bond donors (Lipinski definition) is 0. The summed E-state index contributed by atoms with van der Waals surface area (Å²) in [5, 5.41) is 11.5. The Kier molecular flexibility index (Phi) is 4.30. The molecule has 0 bridgehead atoms. The van der Waals surface area contributed by atoms with Crippen molar-refractivity contribution in [2.45, 2.75) is 6.42 Å². The van der Waals surface area contributed by atoms with E-state index in [2.05, 4.69) is 16.0 Å². The highest BCUT2D eigenvalue weighted by atomic mass is 32.1. The Morgan fingerprint density at radius 1 is 1.04 bits per heavy atom. The summed E-state index contributed by atoms with van der Waals surface area (Å²) < 4.78 is 19.2. The van der Waals surface area contributed by atoms with Gasteiger partial charge >= 0.3 is 0 Å². The van der Waals surface area contributed by atoms with Crippen LogP contribution in [0.15, 0.2) is 60.2 Å². The summed E-state index contributed by atoms with van der Waals surface area (Å²) in [6.45, 7) is 0. The molecule has 0 N–H and O–H groups in total. The second kappa shape index (κ2) is 6.90. The first-order chi connectivity index (χ1) is 12.7. The molecule has 2 aromatic carbocycles. The van der Waals surface area contributed by atoms with Gasteiger partial charge in [0.25, 0.3) is 0 Å². The van der Waals surface area contributed by atoms with Gasteiger partial charge in [-0.25, -0.2) is 14.4 Å². The SMILES string of the molecule is N#CCc1ccc(Oc2ncnc3scc(-c4ccc(F)cc4)c23)cc1. The second-order valence-electron chi connectivity index (χ2n) is 5.60. The third kappa shape index (κ3) is 3.13. The van der Waals surface area contributed by atoms with E-state index in [1.807, 2.05) is 29.6 Å². The van der Waals surface area contributed by atoms with Gasteiger partial charge < -0.3 is 4.74 Å². The molecule has 0 atom stereocenters. The fourth-order valence-corrected chi connectivity index (χ4v) is 3.55. The molecule has 0 aliphatic heterocycles. The van der Waals surface area contributed by atoms with Crippen LogP contribution in [-0.2, 0) is 6.42 Å². The minimum atomic E-state index is -0.279. The van der Waals surface area contributed by atoms with Gasteiger partial charge in [-0.2, -0.15) is 5.26 Å². The number of nitrogens with zero attached hydrogens (tertiary/aromatic N) is 3. The van der Waals surface area contributed by atoms with E-state index in [4.69, 9.17) is 10.00 Å². The maximum absolute atomic E-state index is 13.2. The number of rotatable bonds is 4. The van der Waals surface area contributed by atoms with E-state index in [9.17, 15) is 4.39 Å². The molecule has 0 saturated carbocycles. The zero-order valence-electron chi connectivity index (χ0n) is 13.5. The van der Waals surface area contributed by atoms with E-state index in [-0.39, 0.29) is 5.82 Å². The van der Waals surface area contributed by atoms with Crippen molar-refractivity contribution in [2.24, 2.45) is 0 Å². The zero-order chi connectivity index (χ0) is 17.9. The van der Waals surface area contributed by atoms with Crippen LogP contribution in [0.2, 0.25) is 0 Å². The first kappa shape index (κ1) is 16.2. The number of hydrogen-bond acceptors (Lipinski definition) is 5. The van der Waals surface area contributed by atoms with Crippen molar-refractivity contribution in [1.82, 2.24) is 9.97 Å². The molecule has 0 unspecified atom stereocenters. The van der Waals surface area contributed by atoms with Crippen LogP contribution in [0.1, 0.15) is 5.56 Å². The fraction of sp³-hybridized carbons (Fsp3) is 0.0500. The molecule has 4 aromatic rings. The highest BCUT2D eigenvalue weighted by Crippen LogP contribution is 2.38. The Morgan fingerprint density at radius 3 is 2.54 bits per heavy atom. The third-order valence-electron chi connectivity index (χ3n) is 3.91. The molecule has 0 aliphatic carbocycles. The molecule has 26 heavy (non-hydrogen) atoms. The standard InChI is InChI=1S/C20H12FN3OS/c21-15-5-3-14(4-6-15)17-11-26-20-18(17)19(23-12-24-20)25-16-7-1-13(2-8-16)9-10-22/h1-8,11-12H,9H2. The molecular formula is C20H12FN3OS. The quantitative estimate of drug-likeness (QED) is 0.491. The molecule has 0 radical (unpaired) electrons. The number of halogens is 1. The predicted octanol–water partition coefficient (Wildman–Crippen LogP) is 5.36. The van der Waals surface area contributed by atoms with Gasteiger partial charge in [0.15, 0.2) is 0 Å². The minimum Gasteiger partial charge on any atom is -0.438 e. The first-order valence-corrected chi connectivity index (χ1v) is 8.74. The minimum absolute atomic E-state index is 0.279. The molecule has 2 aromatic heterocycles. The molecule has 2 heterocycles. The predicted molar refractivity (Wildman–Crippen MR) is 98.6 cm³/mol. The molecule has 0 aliphatic rings. The van der Waals surface area contributed by atoms with Crippen molar-refractivity contribution in [1.29, 1.82) is 5.26 Å². The molecule has 126 valence electrons. The molecular weight excluding hydrogens is 349 g/mol. The largest absolute Gasteiger partial charge is 0.438 e. The molecule has 0 spiro atoms. The normalized spacial score (nSPS) is 10.6. The molecule has 4 nitrogen and oxygen atoms in total. The average molecular weight is 361 g/mol. The van der Waals surface area contributed by atoms with Crippen molar-refractivity contribution in [2.75, 3.05) is 0 Å². The van der Waals surface area contributed by atoms with Crippen LogP contribution < -0.4 is 4.74 Å². The number of ether oxygens (including phenoxy) is 1. The number of nitriles is 1. The van der Waals surface area contributed by atoms with Gasteiger partial charge in [0.05, 0.1) is 17.9 Å². The summed E-state index contributed by atoms with van der Waals surface area (Å²) in [5.74, 6) is 0.796. The fourth-order valence-electron chi connectivity index (χ4n) is 2.65. The molecule has 6 heteroatoms. The van der Waals surface area contributed by atoms with Crippen LogP contribution in [0.5, 0.6) is 11.6 Å². The first-order valence-electron chi connectivity index (χ1n) is 7.86. The summed E-state index contributed by atoms with van der Waals surface area (Å²) in [5.41, 5.74) is 2.71. The average Bonchev–Trinajstić information content (AvgIpc) is 3.09. The maximum Gasteiger partial charge on any atom is 0.231 e. The monoisotopic (exact) mass is 361 g/mol. The molecule has 0 amide bonds. The Hall–Kier alpha value is -3.30. The Morgan fingerprint density at radius 2 is 1.81 bits per heavy atom. The topological polar surface area (TPSA) is 58.8 Å². The van der Waals surface area contributed by atoms with Gasteiger partial charge in [0.2, 0.25) is 5.88 Å². The third-order valence-corrected chi connectivity index (χ3v) is 4.80. The maximum atomic E-state index is 13.2. The number of aromatic nitrogens is 2. The van der Waals surface area contributed by atoms with Crippen molar-refractivity contribution in [3.8, 4) is 28.8 Å². The van der Waals surface area contributed by atoms with Crippen molar-refractivity contribution in [3.63, 3.8) is 0 Å². The van der Waals surface area contributed by atoms with Gasteiger partial charge in [-0.3, -0.25) is 0 Å². The van der Waals surface area contributed by atoms with Crippen molar-refractivity contribution in [3.05, 3.63) is 71.6 Å². The van der Waals surface area contributed by atoms with E-state index in [1.54, 1.807) is 12.1 Å². The van der Waals surface area contributed by atoms with Crippen LogP contribution in [0.4, 0.5) is 4.39 Å². The van der Waals surface area contributed by atoms with Crippen LogP contribution in [-0.4, -0.2) is 9.97 Å². The van der Waals surface area contributed by atoms with Crippen molar-refractivity contribution < 1.29 is 9.13 Å². The Labute approximate surface area is 153 Å². The Bertz CT molecular complexity index is 1100. The highest BCUT2D eigenvalue weighted by Gasteiger charge is 2.15. The number of fused-ring (bicyclic) bond motifs is 1. The summed E-state index contributed by atoms with van der Waals surface area (Å²) in [6, 6.07) is 15.8. The zero-order valence-corrected chi connectivity index (χ0v) is 14.3. The number of thiophene rings is 1. The van der Waals surface area contributed by atoms with Crippen molar-refractivity contribution >= 4 is 21.6 Å². The second-order valence-corrected chi connectivity index (χ2v) is 6.45. The summed E-state index contributed by atoms with van der Waals surface area (Å²) in [6.07, 6.45) is 1.82. The molecule has 0 saturated heterocycles. The van der Waals surface area contributed by atoms with Gasteiger partial charge in [0, 0.05) is 10.9 Å². The van der Waals surface area contributed by atoms with E-state index in [0.717, 1.165) is 26.9 Å². The lowest BCUT2D eigenvalue weighted by Gasteiger charge is -2.08. The summed E-state index contributed by atoms with van der Waals surface area (Å²) in [4.78, 5) is 9.39. The smallest absolute Gasteiger partial charge is 0.231 e. The van der Waals surface area contributed by atoms with Gasteiger partial charge in [-0.1, -0.05) is 24.3 Å². The number of benzene rings is 2.